The molecule has 1 amide bonds. The Labute approximate surface area is 179 Å². The lowest BCUT2D eigenvalue weighted by Crippen LogP contribution is -2.37. The molecule has 0 N–H and O–H groups in total. The number of carbonyl (C=O) groups excluding carboxylic acids is 1. The molecule has 0 radical (unpaired) electrons. The van der Waals surface area contributed by atoms with Crippen LogP contribution in [0.15, 0.2) is 53.7 Å². The van der Waals surface area contributed by atoms with E-state index >= 15 is 0 Å². The van der Waals surface area contributed by atoms with Gasteiger partial charge in [0.15, 0.2) is 0 Å². The van der Waals surface area contributed by atoms with Gasteiger partial charge in [-0.25, -0.2) is 17.5 Å². The van der Waals surface area contributed by atoms with Crippen LogP contribution >= 0.6 is 0 Å². The van der Waals surface area contributed by atoms with E-state index in [1.807, 2.05) is 6.92 Å². The van der Waals surface area contributed by atoms with Gasteiger partial charge in [0, 0.05) is 31.7 Å². The Kier molecular flexibility index (Phi) is 5.79. The minimum Gasteiger partial charge on any atom is -0.337 e. The molecule has 31 heavy (non-hydrogen) atoms. The average molecular weight is 444 g/mol. The Morgan fingerprint density at radius 2 is 1.81 bits per heavy atom. The smallest absolute Gasteiger partial charge is 0.253 e. The molecule has 2 heterocycles. The highest BCUT2D eigenvalue weighted by atomic mass is 32.2. The number of benzene rings is 2. The van der Waals surface area contributed by atoms with Crippen molar-refractivity contribution >= 4 is 15.9 Å². The third-order valence-electron chi connectivity index (χ3n) is 5.23. The summed E-state index contributed by atoms with van der Waals surface area (Å²) >= 11 is 0. The van der Waals surface area contributed by atoms with Gasteiger partial charge in [0.25, 0.3) is 5.91 Å². The molecular formula is C20H21FN6O3S. The normalized spacial score (nSPS) is 15.6. The summed E-state index contributed by atoms with van der Waals surface area (Å²) in [5, 5.41) is 11.1. The molecule has 1 fully saturated rings. The second-order valence-electron chi connectivity index (χ2n) is 7.26. The molecule has 0 unspecified atom stereocenters. The van der Waals surface area contributed by atoms with Crippen molar-refractivity contribution in [2.75, 3.05) is 26.2 Å². The molecule has 0 spiro atoms. The largest absolute Gasteiger partial charge is 0.337 e. The fraction of sp³-hybridized carbons (Fsp3) is 0.300. The monoisotopic (exact) mass is 444 g/mol. The van der Waals surface area contributed by atoms with E-state index in [-0.39, 0.29) is 23.9 Å². The van der Waals surface area contributed by atoms with Crippen molar-refractivity contribution in [3.8, 4) is 5.69 Å². The summed E-state index contributed by atoms with van der Waals surface area (Å²) in [6.07, 6.45) is 1.99. The summed E-state index contributed by atoms with van der Waals surface area (Å²) in [7, 11) is -3.75. The maximum absolute atomic E-state index is 13.2. The number of rotatable bonds is 4. The highest BCUT2D eigenvalue weighted by Gasteiger charge is 2.28. The number of halogens is 1. The van der Waals surface area contributed by atoms with Gasteiger partial charge in [0.1, 0.15) is 12.1 Å². The van der Waals surface area contributed by atoms with Crippen LogP contribution in [0, 0.1) is 12.7 Å². The van der Waals surface area contributed by atoms with E-state index < -0.39 is 15.8 Å². The fourth-order valence-electron chi connectivity index (χ4n) is 3.59. The third-order valence-corrected chi connectivity index (χ3v) is 7.15. The van der Waals surface area contributed by atoms with Crippen LogP contribution < -0.4 is 0 Å². The molecule has 1 aliphatic rings. The van der Waals surface area contributed by atoms with Crippen LogP contribution in [-0.4, -0.2) is 69.9 Å². The van der Waals surface area contributed by atoms with Crippen LogP contribution in [0.2, 0.25) is 0 Å². The summed E-state index contributed by atoms with van der Waals surface area (Å²) in [5.74, 6) is -0.652. The van der Waals surface area contributed by atoms with Gasteiger partial charge in [-0.1, -0.05) is 0 Å². The molecule has 0 aliphatic carbocycles. The van der Waals surface area contributed by atoms with Crippen molar-refractivity contribution in [2.24, 2.45) is 0 Å². The molecule has 1 saturated heterocycles. The number of hydrogen-bond donors (Lipinski definition) is 0. The second kappa shape index (κ2) is 8.52. The SMILES string of the molecule is Cc1cc(C(=O)N2CCCN(S(=O)(=O)c3ccc(F)cc3)CC2)ccc1-n1cnnn1. The first-order valence-electron chi connectivity index (χ1n) is 9.75. The zero-order chi connectivity index (χ0) is 22.0. The van der Waals surface area contributed by atoms with E-state index in [4.69, 9.17) is 0 Å². The maximum atomic E-state index is 13.2. The van der Waals surface area contributed by atoms with Crippen molar-refractivity contribution in [2.45, 2.75) is 18.2 Å². The van der Waals surface area contributed by atoms with E-state index in [1.54, 1.807) is 23.1 Å². The van der Waals surface area contributed by atoms with E-state index in [0.29, 0.717) is 25.1 Å². The molecule has 2 aromatic carbocycles. The zero-order valence-corrected chi connectivity index (χ0v) is 17.7. The molecular weight excluding hydrogens is 423 g/mol. The maximum Gasteiger partial charge on any atom is 0.253 e. The van der Waals surface area contributed by atoms with Gasteiger partial charge in [-0.3, -0.25) is 4.79 Å². The molecule has 3 aromatic rings. The van der Waals surface area contributed by atoms with Crippen LogP contribution in [0.4, 0.5) is 4.39 Å². The molecule has 1 aromatic heterocycles. The van der Waals surface area contributed by atoms with Crippen LogP contribution in [0.3, 0.4) is 0 Å². The number of nitrogens with zero attached hydrogens (tertiary/aromatic N) is 6. The van der Waals surface area contributed by atoms with Crippen LogP contribution in [0.1, 0.15) is 22.3 Å². The molecule has 0 saturated carbocycles. The number of amides is 1. The van der Waals surface area contributed by atoms with Crippen molar-refractivity contribution in [1.29, 1.82) is 0 Å². The molecule has 4 rings (SSSR count). The topological polar surface area (TPSA) is 101 Å². The van der Waals surface area contributed by atoms with Crippen molar-refractivity contribution in [3.05, 3.63) is 65.7 Å². The Balaban J connectivity index is 1.48. The van der Waals surface area contributed by atoms with Crippen molar-refractivity contribution in [3.63, 3.8) is 0 Å². The zero-order valence-electron chi connectivity index (χ0n) is 16.8. The highest BCUT2D eigenvalue weighted by molar-refractivity contribution is 7.89. The summed E-state index contributed by atoms with van der Waals surface area (Å²) in [5.41, 5.74) is 2.13. The highest BCUT2D eigenvalue weighted by Crippen LogP contribution is 2.20. The summed E-state index contributed by atoms with van der Waals surface area (Å²) in [4.78, 5) is 14.7. The Morgan fingerprint density at radius 3 is 2.48 bits per heavy atom. The summed E-state index contributed by atoms with van der Waals surface area (Å²) in [6.45, 7) is 3.05. The average Bonchev–Trinajstić information content (AvgIpc) is 3.16. The predicted molar refractivity (Wildman–Crippen MR) is 110 cm³/mol. The van der Waals surface area contributed by atoms with Gasteiger partial charge in [0.05, 0.1) is 10.6 Å². The van der Waals surface area contributed by atoms with Gasteiger partial charge in [-0.2, -0.15) is 4.31 Å². The number of aryl methyl sites for hydroxylation is 1. The van der Waals surface area contributed by atoms with Crippen LogP contribution in [0.5, 0.6) is 0 Å². The number of hydrogen-bond acceptors (Lipinski definition) is 6. The first-order chi connectivity index (χ1) is 14.9. The van der Waals surface area contributed by atoms with E-state index in [1.165, 1.54) is 27.4 Å². The van der Waals surface area contributed by atoms with Gasteiger partial charge < -0.3 is 4.90 Å². The molecule has 0 atom stereocenters. The Hall–Kier alpha value is -3.18. The summed E-state index contributed by atoms with van der Waals surface area (Å²) < 4.78 is 41.8. The Morgan fingerprint density at radius 1 is 1.03 bits per heavy atom. The van der Waals surface area contributed by atoms with Crippen LogP contribution in [-0.2, 0) is 10.0 Å². The standard InChI is InChI=1S/C20H21FN6O3S/c1-15-13-16(3-8-19(15)27-14-22-23-24-27)20(28)25-9-2-10-26(12-11-25)31(29,30)18-6-4-17(21)5-7-18/h3-8,13-14H,2,9-12H2,1H3. The van der Waals surface area contributed by atoms with Crippen molar-refractivity contribution in [1.82, 2.24) is 29.4 Å². The van der Waals surface area contributed by atoms with Crippen molar-refractivity contribution < 1.29 is 17.6 Å². The lowest BCUT2D eigenvalue weighted by molar-refractivity contribution is 0.0764. The first kappa shape index (κ1) is 21.1. The molecule has 1 aliphatic heterocycles. The Bertz CT molecular complexity index is 1180. The van der Waals surface area contributed by atoms with Crippen LogP contribution in [0.25, 0.3) is 5.69 Å². The minimum absolute atomic E-state index is 0.0440. The molecule has 162 valence electrons. The van der Waals surface area contributed by atoms with E-state index in [2.05, 4.69) is 15.5 Å². The predicted octanol–water partition coefficient (Wildman–Crippen LogP) is 1.65. The van der Waals surface area contributed by atoms with E-state index in [9.17, 15) is 17.6 Å². The van der Waals surface area contributed by atoms with Gasteiger partial charge >= 0.3 is 0 Å². The molecule has 9 nitrogen and oxygen atoms in total. The lowest BCUT2D eigenvalue weighted by atomic mass is 10.1. The first-order valence-corrected chi connectivity index (χ1v) is 11.2. The number of aromatic nitrogens is 4. The number of carbonyl (C=O) groups is 1. The third kappa shape index (κ3) is 4.32. The lowest BCUT2D eigenvalue weighted by Gasteiger charge is -2.22. The summed E-state index contributed by atoms with van der Waals surface area (Å²) in [6, 6.07) is 10.0. The van der Waals surface area contributed by atoms with E-state index in [0.717, 1.165) is 23.4 Å². The molecule has 11 heteroatoms. The second-order valence-corrected chi connectivity index (χ2v) is 9.20. The van der Waals surface area contributed by atoms with Gasteiger partial charge in [-0.05, 0) is 71.8 Å². The fourth-order valence-corrected chi connectivity index (χ4v) is 5.06. The van der Waals surface area contributed by atoms with Gasteiger partial charge in [-0.15, -0.1) is 5.10 Å². The minimum atomic E-state index is -3.75. The number of tetrazole rings is 1. The molecule has 0 bridgehead atoms. The number of sulfonamides is 1. The quantitative estimate of drug-likeness (QED) is 0.607. The van der Waals surface area contributed by atoms with Gasteiger partial charge in [0.2, 0.25) is 10.0 Å².